The monoisotopic (exact) mass is 305 g/mol. The fraction of sp³-hybridized carbons (Fsp3) is 0.400. The van der Waals surface area contributed by atoms with Crippen LogP contribution in [0.1, 0.15) is 23.9 Å². The van der Waals surface area contributed by atoms with Gasteiger partial charge in [0.25, 0.3) is 0 Å². The highest BCUT2D eigenvalue weighted by Gasteiger charge is 2.12. The van der Waals surface area contributed by atoms with E-state index >= 15 is 0 Å². The van der Waals surface area contributed by atoms with E-state index in [2.05, 4.69) is 41.4 Å². The van der Waals surface area contributed by atoms with E-state index in [1.165, 1.54) is 22.9 Å². The molecule has 2 rings (SSSR count). The van der Waals surface area contributed by atoms with Crippen molar-refractivity contribution in [2.45, 2.75) is 38.4 Å². The molecule has 0 saturated heterocycles. The Balaban J connectivity index is 2.04. The molecule has 6 heteroatoms. The Hall–Kier alpha value is -1.82. The zero-order valence-corrected chi connectivity index (χ0v) is 13.1. The molecule has 1 aromatic carbocycles. The van der Waals surface area contributed by atoms with Crippen molar-refractivity contribution >= 4 is 17.7 Å². The van der Waals surface area contributed by atoms with Crippen molar-refractivity contribution in [3.8, 4) is 0 Å². The number of nitrogens with zero attached hydrogens (tertiary/aromatic N) is 3. The summed E-state index contributed by atoms with van der Waals surface area (Å²) in [6, 6.07) is 8.43. The predicted molar refractivity (Wildman–Crippen MR) is 82.6 cm³/mol. The Bertz CT molecular complexity index is 625. The van der Waals surface area contributed by atoms with E-state index in [1.807, 2.05) is 11.5 Å². The first kappa shape index (κ1) is 15.6. The lowest BCUT2D eigenvalue weighted by atomic mass is 10.1. The van der Waals surface area contributed by atoms with Gasteiger partial charge in [0.2, 0.25) is 0 Å². The van der Waals surface area contributed by atoms with Crippen LogP contribution in [-0.2, 0) is 24.2 Å². The smallest absolute Gasteiger partial charge is 0.313 e. The summed E-state index contributed by atoms with van der Waals surface area (Å²) in [5.41, 5.74) is 2.53. The van der Waals surface area contributed by atoms with Crippen LogP contribution in [0.3, 0.4) is 0 Å². The fourth-order valence-corrected chi connectivity index (χ4v) is 2.92. The lowest BCUT2D eigenvalue weighted by molar-refractivity contribution is -0.133. The quantitative estimate of drug-likeness (QED) is 0.796. The summed E-state index contributed by atoms with van der Waals surface area (Å²) in [4.78, 5) is 10.6. The number of hydrogen-bond donors (Lipinski definition) is 1. The molecular weight excluding hydrogens is 286 g/mol. The molecule has 0 saturated carbocycles. The SMILES string of the molecule is CCn1c(CCc2cccc(C)c2)nnc1SCC(=O)O. The van der Waals surface area contributed by atoms with Gasteiger partial charge in [-0.1, -0.05) is 41.6 Å². The number of aliphatic carboxylic acids is 1. The Kier molecular flexibility index (Phi) is 5.38. The second-order valence-corrected chi connectivity index (χ2v) is 5.76. The molecule has 2 aromatic rings. The van der Waals surface area contributed by atoms with Gasteiger partial charge >= 0.3 is 5.97 Å². The molecule has 0 fully saturated rings. The highest BCUT2D eigenvalue weighted by molar-refractivity contribution is 7.99. The van der Waals surface area contributed by atoms with E-state index in [0.29, 0.717) is 5.16 Å². The van der Waals surface area contributed by atoms with Gasteiger partial charge in [0.15, 0.2) is 5.16 Å². The molecule has 112 valence electrons. The second-order valence-electron chi connectivity index (χ2n) is 4.81. The van der Waals surface area contributed by atoms with Crippen LogP contribution in [0.15, 0.2) is 29.4 Å². The Morgan fingerprint density at radius 3 is 2.81 bits per heavy atom. The summed E-state index contributed by atoms with van der Waals surface area (Å²) in [5.74, 6) is 0.0783. The lowest BCUT2D eigenvalue weighted by Crippen LogP contribution is -2.06. The molecule has 0 atom stereocenters. The van der Waals surface area contributed by atoms with Gasteiger partial charge in [-0.05, 0) is 25.8 Å². The first-order valence-corrected chi connectivity index (χ1v) is 7.91. The second kappa shape index (κ2) is 7.26. The maximum Gasteiger partial charge on any atom is 0.313 e. The lowest BCUT2D eigenvalue weighted by Gasteiger charge is -2.07. The fourth-order valence-electron chi connectivity index (χ4n) is 2.18. The van der Waals surface area contributed by atoms with Crippen molar-refractivity contribution < 1.29 is 9.90 Å². The topological polar surface area (TPSA) is 68.0 Å². The van der Waals surface area contributed by atoms with Crippen molar-refractivity contribution in [1.29, 1.82) is 0 Å². The number of carbonyl (C=O) groups is 1. The number of carboxylic acid groups (broad SMARTS) is 1. The van der Waals surface area contributed by atoms with Gasteiger partial charge in [-0.25, -0.2) is 0 Å². The van der Waals surface area contributed by atoms with Crippen molar-refractivity contribution in [2.24, 2.45) is 0 Å². The maximum absolute atomic E-state index is 10.6. The summed E-state index contributed by atoms with van der Waals surface area (Å²) < 4.78 is 1.99. The molecular formula is C15H19N3O2S. The third-order valence-electron chi connectivity index (χ3n) is 3.15. The number of hydrogen-bond acceptors (Lipinski definition) is 4. The van der Waals surface area contributed by atoms with Crippen LogP contribution in [0.4, 0.5) is 0 Å². The average Bonchev–Trinajstić information content (AvgIpc) is 2.85. The summed E-state index contributed by atoms with van der Waals surface area (Å²) in [7, 11) is 0. The van der Waals surface area contributed by atoms with Gasteiger partial charge in [0.1, 0.15) is 5.82 Å². The molecule has 0 amide bonds. The molecule has 0 aliphatic heterocycles. The summed E-state index contributed by atoms with van der Waals surface area (Å²) in [6.45, 7) is 4.85. The summed E-state index contributed by atoms with van der Waals surface area (Å²) in [5, 5.41) is 17.7. The minimum Gasteiger partial charge on any atom is -0.481 e. The summed E-state index contributed by atoms with van der Waals surface area (Å²) >= 11 is 1.21. The van der Waals surface area contributed by atoms with Crippen molar-refractivity contribution in [3.63, 3.8) is 0 Å². The third-order valence-corrected chi connectivity index (χ3v) is 4.11. The highest BCUT2D eigenvalue weighted by atomic mass is 32.2. The molecule has 0 spiro atoms. The number of aryl methyl sites for hydroxylation is 3. The zero-order valence-electron chi connectivity index (χ0n) is 12.2. The van der Waals surface area contributed by atoms with Crippen LogP contribution in [-0.4, -0.2) is 31.6 Å². The van der Waals surface area contributed by atoms with E-state index in [-0.39, 0.29) is 5.75 Å². The predicted octanol–water partition coefficient (Wildman–Crippen LogP) is 2.57. The Labute approximate surface area is 128 Å². The number of benzene rings is 1. The number of aromatic nitrogens is 3. The molecule has 0 unspecified atom stereocenters. The number of thioether (sulfide) groups is 1. The van der Waals surface area contributed by atoms with Gasteiger partial charge in [-0.15, -0.1) is 10.2 Å². The number of rotatable bonds is 7. The molecule has 0 bridgehead atoms. The van der Waals surface area contributed by atoms with Crippen LogP contribution in [0.2, 0.25) is 0 Å². The van der Waals surface area contributed by atoms with Gasteiger partial charge in [0.05, 0.1) is 5.75 Å². The molecule has 5 nitrogen and oxygen atoms in total. The molecule has 0 aliphatic rings. The number of carboxylic acids is 1. The van der Waals surface area contributed by atoms with E-state index < -0.39 is 5.97 Å². The summed E-state index contributed by atoms with van der Waals surface area (Å²) in [6.07, 6.45) is 1.71. The Morgan fingerprint density at radius 2 is 2.14 bits per heavy atom. The van der Waals surface area contributed by atoms with Crippen molar-refractivity contribution in [1.82, 2.24) is 14.8 Å². The zero-order chi connectivity index (χ0) is 15.2. The van der Waals surface area contributed by atoms with Crippen LogP contribution in [0.5, 0.6) is 0 Å². The molecule has 0 aliphatic carbocycles. The average molecular weight is 305 g/mol. The highest BCUT2D eigenvalue weighted by Crippen LogP contribution is 2.18. The van der Waals surface area contributed by atoms with Gasteiger partial charge in [-0.2, -0.15) is 0 Å². The maximum atomic E-state index is 10.6. The van der Waals surface area contributed by atoms with E-state index in [0.717, 1.165) is 25.2 Å². The minimum absolute atomic E-state index is 0.00993. The normalized spacial score (nSPS) is 10.8. The van der Waals surface area contributed by atoms with Crippen molar-refractivity contribution in [3.05, 3.63) is 41.2 Å². The standard InChI is InChI=1S/C15H19N3O2S/c1-3-18-13(16-17-15(18)21-10-14(19)20)8-7-12-6-4-5-11(2)9-12/h4-6,9H,3,7-8,10H2,1-2H3,(H,19,20). The molecule has 1 heterocycles. The molecule has 1 aromatic heterocycles. The van der Waals surface area contributed by atoms with E-state index in [1.54, 1.807) is 0 Å². The minimum atomic E-state index is -0.841. The molecule has 1 N–H and O–H groups in total. The van der Waals surface area contributed by atoms with E-state index in [9.17, 15) is 4.79 Å². The van der Waals surface area contributed by atoms with Gasteiger partial charge in [0, 0.05) is 13.0 Å². The first-order chi connectivity index (χ1) is 10.1. The van der Waals surface area contributed by atoms with Gasteiger partial charge in [-0.3, -0.25) is 4.79 Å². The van der Waals surface area contributed by atoms with Crippen LogP contribution in [0.25, 0.3) is 0 Å². The third kappa shape index (κ3) is 4.32. The largest absolute Gasteiger partial charge is 0.481 e. The first-order valence-electron chi connectivity index (χ1n) is 6.92. The molecule has 0 radical (unpaired) electrons. The van der Waals surface area contributed by atoms with Crippen LogP contribution in [0, 0.1) is 6.92 Å². The van der Waals surface area contributed by atoms with Gasteiger partial charge < -0.3 is 9.67 Å². The Morgan fingerprint density at radius 1 is 1.33 bits per heavy atom. The van der Waals surface area contributed by atoms with E-state index in [4.69, 9.17) is 5.11 Å². The molecule has 21 heavy (non-hydrogen) atoms. The van der Waals surface area contributed by atoms with Crippen molar-refractivity contribution in [2.75, 3.05) is 5.75 Å². The van der Waals surface area contributed by atoms with Crippen LogP contribution < -0.4 is 0 Å². The van der Waals surface area contributed by atoms with Crippen LogP contribution >= 0.6 is 11.8 Å².